The number of hydrogen-bond acceptors (Lipinski definition) is 4. The van der Waals surface area contributed by atoms with Crippen molar-refractivity contribution in [3.63, 3.8) is 0 Å². The molecule has 3 aromatic carbocycles. The number of nitriles is 1. The SMILES string of the molecule is N#Cc1ccc2c(c1)C(c1cc(Nc3ccccc3)c3ccccc3n1)C(=O)N2. The highest BCUT2D eigenvalue weighted by molar-refractivity contribution is 6.05. The van der Waals surface area contributed by atoms with Gasteiger partial charge in [0.05, 0.1) is 22.8 Å². The van der Waals surface area contributed by atoms with Crippen molar-refractivity contribution >= 4 is 33.9 Å². The Morgan fingerprint density at radius 2 is 1.76 bits per heavy atom. The van der Waals surface area contributed by atoms with E-state index in [1.165, 1.54) is 0 Å². The third-order valence-corrected chi connectivity index (χ3v) is 5.10. The maximum atomic E-state index is 12.8. The monoisotopic (exact) mass is 376 g/mol. The molecule has 0 saturated carbocycles. The molecular weight excluding hydrogens is 360 g/mol. The smallest absolute Gasteiger partial charge is 0.238 e. The molecule has 1 aromatic heterocycles. The lowest BCUT2D eigenvalue weighted by Gasteiger charge is -2.15. The van der Waals surface area contributed by atoms with Crippen molar-refractivity contribution in [2.24, 2.45) is 0 Å². The fourth-order valence-electron chi connectivity index (χ4n) is 3.75. The van der Waals surface area contributed by atoms with Crippen LogP contribution in [0.1, 0.15) is 22.7 Å². The molecular formula is C24H16N4O. The van der Waals surface area contributed by atoms with Gasteiger partial charge in [0.15, 0.2) is 0 Å². The first-order valence-corrected chi connectivity index (χ1v) is 9.29. The summed E-state index contributed by atoms with van der Waals surface area (Å²) in [5, 5.41) is 16.6. The van der Waals surface area contributed by atoms with Gasteiger partial charge in [-0.1, -0.05) is 36.4 Å². The molecule has 0 aliphatic carbocycles. The first kappa shape index (κ1) is 17.0. The Bertz CT molecular complexity index is 1290. The average molecular weight is 376 g/mol. The van der Waals surface area contributed by atoms with Crippen LogP contribution in [0.15, 0.2) is 78.9 Å². The second-order valence-electron chi connectivity index (χ2n) is 6.94. The summed E-state index contributed by atoms with van der Waals surface area (Å²) < 4.78 is 0. The van der Waals surface area contributed by atoms with Crippen LogP contribution in [0, 0.1) is 11.3 Å². The van der Waals surface area contributed by atoms with Gasteiger partial charge in [-0.3, -0.25) is 9.78 Å². The third-order valence-electron chi connectivity index (χ3n) is 5.10. The minimum atomic E-state index is -0.556. The number of hydrogen-bond donors (Lipinski definition) is 2. The van der Waals surface area contributed by atoms with Crippen molar-refractivity contribution in [2.45, 2.75) is 5.92 Å². The van der Waals surface area contributed by atoms with Crippen LogP contribution in [0.3, 0.4) is 0 Å². The van der Waals surface area contributed by atoms with Crippen LogP contribution in [0.5, 0.6) is 0 Å². The number of nitrogens with one attached hydrogen (secondary N) is 2. The molecule has 1 amide bonds. The van der Waals surface area contributed by atoms with E-state index in [0.717, 1.165) is 33.5 Å². The lowest BCUT2D eigenvalue weighted by atomic mass is 9.94. The van der Waals surface area contributed by atoms with Gasteiger partial charge in [-0.2, -0.15) is 5.26 Å². The third kappa shape index (κ3) is 2.97. The normalized spacial score (nSPS) is 14.9. The standard InChI is InChI=1S/C24H16N4O/c25-14-15-10-11-20-18(12-15)23(24(29)28-20)22-13-21(26-16-6-2-1-3-7-16)17-8-4-5-9-19(17)27-22/h1-13,23H,(H,26,27)(H,28,29). The maximum Gasteiger partial charge on any atom is 0.238 e. The van der Waals surface area contributed by atoms with E-state index in [-0.39, 0.29) is 5.91 Å². The summed E-state index contributed by atoms with van der Waals surface area (Å²) in [6, 6.07) is 27.0. The molecule has 1 atom stereocenters. The number of pyridine rings is 1. The van der Waals surface area contributed by atoms with E-state index in [1.54, 1.807) is 18.2 Å². The molecule has 138 valence electrons. The zero-order chi connectivity index (χ0) is 19.8. The molecule has 0 fully saturated rings. The van der Waals surface area contributed by atoms with Crippen LogP contribution in [0.25, 0.3) is 10.9 Å². The molecule has 1 aliphatic rings. The van der Waals surface area contributed by atoms with E-state index in [4.69, 9.17) is 4.98 Å². The van der Waals surface area contributed by atoms with E-state index < -0.39 is 5.92 Å². The molecule has 1 aliphatic heterocycles. The molecule has 5 heteroatoms. The average Bonchev–Trinajstić information content (AvgIpc) is 3.09. The molecule has 0 bridgehead atoms. The van der Waals surface area contributed by atoms with Crippen LogP contribution >= 0.6 is 0 Å². The van der Waals surface area contributed by atoms with Crippen LogP contribution in [0.2, 0.25) is 0 Å². The van der Waals surface area contributed by atoms with Gasteiger partial charge in [0.1, 0.15) is 5.92 Å². The molecule has 4 aromatic rings. The van der Waals surface area contributed by atoms with Crippen LogP contribution in [-0.4, -0.2) is 10.9 Å². The quantitative estimate of drug-likeness (QED) is 0.531. The summed E-state index contributed by atoms with van der Waals surface area (Å²) >= 11 is 0. The minimum Gasteiger partial charge on any atom is -0.355 e. The second kappa shape index (κ2) is 6.77. The summed E-state index contributed by atoms with van der Waals surface area (Å²) in [6.45, 7) is 0. The van der Waals surface area contributed by atoms with Crippen LogP contribution < -0.4 is 10.6 Å². The Kier molecular flexibility index (Phi) is 3.96. The highest BCUT2D eigenvalue weighted by atomic mass is 16.2. The molecule has 2 heterocycles. The lowest BCUT2D eigenvalue weighted by Crippen LogP contribution is -2.15. The number of nitrogens with zero attached hydrogens (tertiary/aromatic N) is 2. The number of rotatable bonds is 3. The van der Waals surface area contributed by atoms with E-state index >= 15 is 0 Å². The molecule has 5 rings (SSSR count). The van der Waals surface area contributed by atoms with Gasteiger partial charge in [-0.15, -0.1) is 0 Å². The van der Waals surface area contributed by atoms with Crippen molar-refractivity contribution in [1.29, 1.82) is 5.26 Å². The van der Waals surface area contributed by atoms with Gasteiger partial charge in [-0.05, 0) is 48.0 Å². The number of anilines is 3. The zero-order valence-electron chi connectivity index (χ0n) is 15.4. The highest BCUT2D eigenvalue weighted by Crippen LogP contribution is 2.39. The Morgan fingerprint density at radius 3 is 2.59 bits per heavy atom. The maximum absolute atomic E-state index is 12.8. The Labute approximate surface area is 167 Å². The van der Waals surface area contributed by atoms with Crippen molar-refractivity contribution in [3.8, 4) is 6.07 Å². The molecule has 0 spiro atoms. The second-order valence-corrected chi connectivity index (χ2v) is 6.94. The molecule has 0 saturated heterocycles. The van der Waals surface area contributed by atoms with Crippen molar-refractivity contribution in [1.82, 2.24) is 4.98 Å². The van der Waals surface area contributed by atoms with Crippen LogP contribution in [-0.2, 0) is 4.79 Å². The van der Waals surface area contributed by atoms with Gasteiger partial charge in [0.25, 0.3) is 0 Å². The number of para-hydroxylation sites is 2. The van der Waals surface area contributed by atoms with Crippen LogP contribution in [0.4, 0.5) is 17.1 Å². The van der Waals surface area contributed by atoms with E-state index in [9.17, 15) is 10.1 Å². The molecule has 2 N–H and O–H groups in total. The molecule has 29 heavy (non-hydrogen) atoms. The fraction of sp³-hybridized carbons (Fsp3) is 0.0417. The molecule has 5 nitrogen and oxygen atoms in total. The van der Waals surface area contributed by atoms with Crippen molar-refractivity contribution in [2.75, 3.05) is 10.6 Å². The minimum absolute atomic E-state index is 0.136. The van der Waals surface area contributed by atoms with Gasteiger partial charge in [-0.25, -0.2) is 0 Å². The Hall–Kier alpha value is -4.17. The van der Waals surface area contributed by atoms with E-state index in [1.807, 2.05) is 60.7 Å². The highest BCUT2D eigenvalue weighted by Gasteiger charge is 2.33. The van der Waals surface area contributed by atoms with E-state index in [0.29, 0.717) is 11.3 Å². The largest absolute Gasteiger partial charge is 0.355 e. The van der Waals surface area contributed by atoms with Gasteiger partial charge in [0.2, 0.25) is 5.91 Å². The Balaban J connectivity index is 1.67. The number of fused-ring (bicyclic) bond motifs is 2. The number of carbonyl (C=O) groups excluding carboxylic acids is 1. The predicted molar refractivity (Wildman–Crippen MR) is 113 cm³/mol. The number of amides is 1. The molecule has 0 radical (unpaired) electrons. The van der Waals surface area contributed by atoms with Gasteiger partial charge in [0, 0.05) is 22.4 Å². The van der Waals surface area contributed by atoms with E-state index in [2.05, 4.69) is 16.7 Å². The topological polar surface area (TPSA) is 77.8 Å². The zero-order valence-corrected chi connectivity index (χ0v) is 15.4. The summed E-state index contributed by atoms with van der Waals surface area (Å²) in [5.74, 6) is -0.692. The number of benzene rings is 3. The number of carbonyl (C=O) groups is 1. The van der Waals surface area contributed by atoms with Gasteiger partial charge < -0.3 is 10.6 Å². The first-order valence-electron chi connectivity index (χ1n) is 9.29. The number of aromatic nitrogens is 1. The summed E-state index contributed by atoms with van der Waals surface area (Å²) in [7, 11) is 0. The predicted octanol–water partition coefficient (Wildman–Crippen LogP) is 4.93. The first-order chi connectivity index (χ1) is 14.2. The summed E-state index contributed by atoms with van der Waals surface area (Å²) in [4.78, 5) is 17.6. The Morgan fingerprint density at radius 1 is 0.966 bits per heavy atom. The summed E-state index contributed by atoms with van der Waals surface area (Å²) in [6.07, 6.45) is 0. The molecule has 1 unspecified atom stereocenters. The fourth-order valence-corrected chi connectivity index (χ4v) is 3.75. The van der Waals surface area contributed by atoms with Crippen molar-refractivity contribution < 1.29 is 4.79 Å². The summed E-state index contributed by atoms with van der Waals surface area (Å²) in [5.41, 5.74) is 5.32. The van der Waals surface area contributed by atoms with Crippen molar-refractivity contribution in [3.05, 3.63) is 95.7 Å². The lowest BCUT2D eigenvalue weighted by molar-refractivity contribution is -0.116. The van der Waals surface area contributed by atoms with Gasteiger partial charge >= 0.3 is 0 Å².